The third-order valence-electron chi connectivity index (χ3n) is 6.27. The highest BCUT2D eigenvalue weighted by Gasteiger charge is 2.43. The summed E-state index contributed by atoms with van der Waals surface area (Å²) in [5, 5.41) is 3.49. The van der Waals surface area contributed by atoms with Crippen LogP contribution in [0.15, 0.2) is 47.7 Å². The van der Waals surface area contributed by atoms with Crippen molar-refractivity contribution >= 4 is 23.1 Å². The molecule has 1 heterocycles. The molecule has 7 heteroatoms. The molecule has 2 aromatic rings. The van der Waals surface area contributed by atoms with E-state index < -0.39 is 6.04 Å². The molecule has 0 unspecified atom stereocenters. The molecule has 0 bridgehead atoms. The van der Waals surface area contributed by atoms with Gasteiger partial charge in [-0.05, 0) is 30.0 Å². The van der Waals surface area contributed by atoms with Gasteiger partial charge in [-0.3, -0.25) is 14.5 Å². The minimum absolute atomic E-state index is 0.00893. The van der Waals surface area contributed by atoms with Crippen LogP contribution < -0.4 is 24.4 Å². The number of ether oxygens (including phenoxy) is 3. The van der Waals surface area contributed by atoms with E-state index in [1.54, 1.807) is 38.4 Å². The van der Waals surface area contributed by atoms with Crippen LogP contribution in [0, 0.1) is 5.41 Å². The van der Waals surface area contributed by atoms with E-state index in [1.165, 1.54) is 6.92 Å². The Balaban J connectivity index is 2.07. The molecule has 0 aromatic heterocycles. The van der Waals surface area contributed by atoms with Gasteiger partial charge in [0.25, 0.3) is 0 Å². The average Bonchev–Trinajstić information content (AvgIpc) is 2.91. The molecule has 1 amide bonds. The predicted octanol–water partition coefficient (Wildman–Crippen LogP) is 4.88. The van der Waals surface area contributed by atoms with Gasteiger partial charge in [0.05, 0.1) is 38.7 Å². The summed E-state index contributed by atoms with van der Waals surface area (Å²) in [6.07, 6.45) is 1.07. The van der Waals surface area contributed by atoms with Crippen LogP contribution in [0.1, 0.15) is 45.2 Å². The van der Waals surface area contributed by atoms with Gasteiger partial charge in [-0.15, -0.1) is 0 Å². The van der Waals surface area contributed by atoms with Crippen LogP contribution in [-0.4, -0.2) is 33.0 Å². The van der Waals surface area contributed by atoms with Crippen molar-refractivity contribution in [3.05, 3.63) is 53.2 Å². The van der Waals surface area contributed by atoms with Crippen molar-refractivity contribution in [2.75, 3.05) is 31.5 Å². The fourth-order valence-electron chi connectivity index (χ4n) is 4.90. The molecule has 0 saturated heterocycles. The molecule has 1 aliphatic carbocycles. The maximum absolute atomic E-state index is 13.6. The molecule has 2 aromatic carbocycles. The normalized spacial score (nSPS) is 19.2. The fourth-order valence-corrected chi connectivity index (χ4v) is 4.90. The Morgan fingerprint density at radius 2 is 1.64 bits per heavy atom. The van der Waals surface area contributed by atoms with Crippen LogP contribution in [0.5, 0.6) is 17.2 Å². The fraction of sp³-hybridized carbons (Fsp3) is 0.385. The van der Waals surface area contributed by atoms with Crippen LogP contribution in [0.2, 0.25) is 0 Å². The van der Waals surface area contributed by atoms with Gasteiger partial charge in [0.1, 0.15) is 5.75 Å². The number of carbonyl (C=O) groups is 2. The maximum Gasteiger partial charge on any atom is 0.224 e. The standard InChI is InChI=1S/C26H30N2O5/c1-15(29)28-19-10-8-7-9-17(19)27-18-13-26(2,3)14-20(30)24(18)25(28)16-11-22(32-5)23(33-6)12-21(16)31-4/h7-12,25,27H,13-14H2,1-6H3/t25-/m0/s1. The molecule has 0 spiro atoms. The lowest BCUT2D eigenvalue weighted by atomic mass is 9.73. The van der Waals surface area contributed by atoms with Crippen molar-refractivity contribution in [3.63, 3.8) is 0 Å². The highest BCUT2D eigenvalue weighted by atomic mass is 16.5. The third-order valence-corrected chi connectivity index (χ3v) is 6.27. The van der Waals surface area contributed by atoms with Crippen molar-refractivity contribution in [3.8, 4) is 17.2 Å². The predicted molar refractivity (Wildman–Crippen MR) is 127 cm³/mol. The number of ketones is 1. The van der Waals surface area contributed by atoms with E-state index in [4.69, 9.17) is 14.2 Å². The number of hydrogen-bond acceptors (Lipinski definition) is 6. The van der Waals surface area contributed by atoms with Crippen LogP contribution in [0.4, 0.5) is 11.4 Å². The first-order valence-electron chi connectivity index (χ1n) is 10.9. The number of rotatable bonds is 4. The number of methoxy groups -OCH3 is 3. The maximum atomic E-state index is 13.6. The summed E-state index contributed by atoms with van der Waals surface area (Å²) in [5.74, 6) is 1.33. The SMILES string of the molecule is COc1cc(OC)c([C@H]2C3=C(CC(C)(C)CC3=O)Nc3ccccc3N2C(C)=O)cc1OC. The second-order valence-electron chi connectivity index (χ2n) is 9.22. The third kappa shape index (κ3) is 3.92. The Morgan fingerprint density at radius 3 is 2.27 bits per heavy atom. The summed E-state index contributed by atoms with van der Waals surface area (Å²) in [4.78, 5) is 28.5. The van der Waals surface area contributed by atoms with E-state index >= 15 is 0 Å². The lowest BCUT2D eigenvalue weighted by Crippen LogP contribution is -2.38. The zero-order valence-electron chi connectivity index (χ0n) is 19.9. The minimum Gasteiger partial charge on any atom is -0.496 e. The highest BCUT2D eigenvalue weighted by Crippen LogP contribution is 2.51. The van der Waals surface area contributed by atoms with Crippen molar-refractivity contribution in [1.82, 2.24) is 0 Å². The molecular formula is C26H30N2O5. The molecule has 0 fully saturated rings. The molecule has 4 rings (SSSR count). The molecule has 7 nitrogen and oxygen atoms in total. The number of para-hydroxylation sites is 2. The van der Waals surface area contributed by atoms with Crippen molar-refractivity contribution in [1.29, 1.82) is 0 Å². The molecular weight excluding hydrogens is 420 g/mol. The number of Topliss-reactive ketones (excluding diaryl/α,β-unsaturated/α-hetero) is 1. The minimum atomic E-state index is -0.688. The first kappa shape index (κ1) is 22.7. The first-order valence-corrected chi connectivity index (χ1v) is 10.9. The number of anilines is 2. The second-order valence-corrected chi connectivity index (χ2v) is 9.22. The summed E-state index contributed by atoms with van der Waals surface area (Å²) in [6, 6.07) is 10.5. The zero-order valence-corrected chi connectivity index (χ0v) is 19.9. The molecule has 1 atom stereocenters. The van der Waals surface area contributed by atoms with Crippen LogP contribution in [-0.2, 0) is 9.59 Å². The molecule has 1 aliphatic heterocycles. The Labute approximate surface area is 194 Å². The topological polar surface area (TPSA) is 77.1 Å². The van der Waals surface area contributed by atoms with Crippen LogP contribution in [0.25, 0.3) is 0 Å². The number of allylic oxidation sites excluding steroid dienone is 1. The van der Waals surface area contributed by atoms with Gasteiger partial charge in [-0.2, -0.15) is 0 Å². The van der Waals surface area contributed by atoms with E-state index in [0.717, 1.165) is 11.4 Å². The van der Waals surface area contributed by atoms with Crippen LogP contribution in [0.3, 0.4) is 0 Å². The lowest BCUT2D eigenvalue weighted by molar-refractivity contribution is -0.118. The quantitative estimate of drug-likeness (QED) is 0.716. The van der Waals surface area contributed by atoms with Crippen molar-refractivity contribution in [2.24, 2.45) is 5.41 Å². The number of nitrogens with zero attached hydrogens (tertiary/aromatic N) is 1. The average molecular weight is 451 g/mol. The summed E-state index contributed by atoms with van der Waals surface area (Å²) < 4.78 is 16.7. The molecule has 1 N–H and O–H groups in total. The van der Waals surface area contributed by atoms with Gasteiger partial charge in [0.2, 0.25) is 5.91 Å². The van der Waals surface area contributed by atoms with Gasteiger partial charge in [-0.1, -0.05) is 26.0 Å². The second kappa shape index (κ2) is 8.46. The van der Waals surface area contributed by atoms with Crippen molar-refractivity contribution < 1.29 is 23.8 Å². The summed E-state index contributed by atoms with van der Waals surface area (Å²) in [6.45, 7) is 5.68. The summed E-state index contributed by atoms with van der Waals surface area (Å²) >= 11 is 0. The summed E-state index contributed by atoms with van der Waals surface area (Å²) in [5.41, 5.74) is 3.35. The molecule has 0 radical (unpaired) electrons. The van der Waals surface area contributed by atoms with Gasteiger partial charge in [0, 0.05) is 36.2 Å². The van der Waals surface area contributed by atoms with Gasteiger partial charge in [-0.25, -0.2) is 0 Å². The molecule has 174 valence electrons. The number of hydrogen-bond donors (Lipinski definition) is 1. The monoisotopic (exact) mass is 450 g/mol. The Hall–Kier alpha value is -3.48. The Bertz CT molecular complexity index is 1150. The largest absolute Gasteiger partial charge is 0.496 e. The lowest BCUT2D eigenvalue weighted by Gasteiger charge is -2.37. The number of carbonyl (C=O) groups excluding carboxylic acids is 2. The van der Waals surface area contributed by atoms with Crippen molar-refractivity contribution in [2.45, 2.75) is 39.7 Å². The Kier molecular flexibility index (Phi) is 5.82. The number of amides is 1. The van der Waals surface area contributed by atoms with Gasteiger partial charge >= 0.3 is 0 Å². The molecule has 2 aliphatic rings. The van der Waals surface area contributed by atoms with Gasteiger partial charge in [0.15, 0.2) is 17.3 Å². The van der Waals surface area contributed by atoms with E-state index in [0.29, 0.717) is 46.9 Å². The Morgan fingerprint density at radius 1 is 1.00 bits per heavy atom. The van der Waals surface area contributed by atoms with Crippen LogP contribution >= 0.6 is 0 Å². The van der Waals surface area contributed by atoms with E-state index in [9.17, 15) is 9.59 Å². The number of fused-ring (bicyclic) bond motifs is 1. The smallest absolute Gasteiger partial charge is 0.224 e. The zero-order chi connectivity index (χ0) is 23.9. The molecule has 0 saturated carbocycles. The number of nitrogens with one attached hydrogen (secondary N) is 1. The molecule has 33 heavy (non-hydrogen) atoms. The highest BCUT2D eigenvalue weighted by molar-refractivity contribution is 6.06. The van der Waals surface area contributed by atoms with E-state index in [1.807, 2.05) is 24.3 Å². The van der Waals surface area contributed by atoms with E-state index in [2.05, 4.69) is 19.2 Å². The van der Waals surface area contributed by atoms with Gasteiger partial charge < -0.3 is 19.5 Å². The first-order chi connectivity index (χ1) is 15.7. The number of benzene rings is 2. The summed E-state index contributed by atoms with van der Waals surface area (Å²) in [7, 11) is 4.67. The van der Waals surface area contributed by atoms with E-state index in [-0.39, 0.29) is 17.1 Å².